The third kappa shape index (κ3) is 5.00. The fourth-order valence-corrected chi connectivity index (χ4v) is 4.68. The number of nitrogens with one attached hydrogen (secondary N) is 1. The summed E-state index contributed by atoms with van der Waals surface area (Å²) in [5.41, 5.74) is 0.891. The van der Waals surface area contributed by atoms with E-state index in [-0.39, 0.29) is 18.7 Å². The first-order valence-electron chi connectivity index (χ1n) is 11.4. The van der Waals surface area contributed by atoms with E-state index in [0.717, 1.165) is 17.9 Å². The Labute approximate surface area is 193 Å². The SMILES string of the molecule is CC(C)Oc1cccc(CN2CCC3(CC2)C(=NCCF)NC(=O)N3c2cccc(F)c2)c1. The normalized spacial score (nSPS) is 19.5. The summed E-state index contributed by atoms with van der Waals surface area (Å²) in [6.07, 6.45) is 1.32. The van der Waals surface area contributed by atoms with Gasteiger partial charge in [-0.15, -0.1) is 0 Å². The van der Waals surface area contributed by atoms with Crippen LogP contribution in [0, 0.1) is 5.82 Å². The average Bonchev–Trinajstić information content (AvgIpc) is 3.04. The van der Waals surface area contributed by atoms with Crippen LogP contribution < -0.4 is 15.0 Å². The molecule has 0 aromatic heterocycles. The minimum absolute atomic E-state index is 0.0132. The van der Waals surface area contributed by atoms with E-state index in [2.05, 4.69) is 27.3 Å². The summed E-state index contributed by atoms with van der Waals surface area (Å²) < 4.78 is 32.7. The smallest absolute Gasteiger partial charge is 0.328 e. The fourth-order valence-electron chi connectivity index (χ4n) is 4.68. The average molecular weight is 457 g/mol. The van der Waals surface area contributed by atoms with Gasteiger partial charge in [0.05, 0.1) is 12.6 Å². The van der Waals surface area contributed by atoms with E-state index < -0.39 is 18.0 Å². The van der Waals surface area contributed by atoms with Crippen molar-refractivity contribution in [2.45, 2.75) is 44.9 Å². The summed E-state index contributed by atoms with van der Waals surface area (Å²) in [5.74, 6) is 0.909. The minimum atomic E-state index is -0.737. The number of halogens is 2. The number of carbonyl (C=O) groups is 1. The summed E-state index contributed by atoms with van der Waals surface area (Å²) in [5, 5.41) is 2.82. The largest absolute Gasteiger partial charge is 0.491 e. The number of rotatable bonds is 7. The van der Waals surface area contributed by atoms with Crippen molar-refractivity contribution in [1.29, 1.82) is 0 Å². The number of hydrogen-bond acceptors (Lipinski definition) is 4. The zero-order valence-electron chi connectivity index (χ0n) is 19.1. The van der Waals surface area contributed by atoms with Crippen molar-refractivity contribution in [2.75, 3.05) is 31.2 Å². The van der Waals surface area contributed by atoms with Crippen LogP contribution in [0.5, 0.6) is 5.75 Å². The number of alkyl halides is 1. The molecule has 0 unspecified atom stereocenters. The fraction of sp³-hybridized carbons (Fsp3) is 0.440. The molecule has 2 saturated heterocycles. The van der Waals surface area contributed by atoms with Gasteiger partial charge < -0.3 is 4.74 Å². The van der Waals surface area contributed by atoms with Crippen molar-refractivity contribution in [3.05, 3.63) is 59.9 Å². The quantitative estimate of drug-likeness (QED) is 0.665. The summed E-state index contributed by atoms with van der Waals surface area (Å²) in [4.78, 5) is 21.2. The Kier molecular flexibility index (Phi) is 6.93. The van der Waals surface area contributed by atoms with Crippen LogP contribution in [0.15, 0.2) is 53.5 Å². The zero-order valence-corrected chi connectivity index (χ0v) is 19.1. The number of carbonyl (C=O) groups excluding carboxylic acids is 1. The highest BCUT2D eigenvalue weighted by Gasteiger charge is 2.52. The molecule has 0 bridgehead atoms. The van der Waals surface area contributed by atoms with Crippen LogP contribution in [-0.2, 0) is 6.54 Å². The van der Waals surface area contributed by atoms with Gasteiger partial charge in [-0.1, -0.05) is 18.2 Å². The lowest BCUT2D eigenvalue weighted by Gasteiger charge is -2.43. The Morgan fingerprint density at radius 1 is 1.15 bits per heavy atom. The first-order valence-corrected chi connectivity index (χ1v) is 11.4. The molecule has 2 aliphatic heterocycles. The highest BCUT2D eigenvalue weighted by Crippen LogP contribution is 2.38. The van der Waals surface area contributed by atoms with E-state index in [1.54, 1.807) is 17.0 Å². The third-order valence-electron chi connectivity index (χ3n) is 6.08. The zero-order chi connectivity index (χ0) is 23.4. The second-order valence-corrected chi connectivity index (χ2v) is 8.79. The topological polar surface area (TPSA) is 57.2 Å². The van der Waals surface area contributed by atoms with E-state index >= 15 is 0 Å². The van der Waals surface area contributed by atoms with Crippen molar-refractivity contribution in [3.8, 4) is 5.75 Å². The molecule has 2 fully saturated rings. The summed E-state index contributed by atoms with van der Waals surface area (Å²) in [6, 6.07) is 13.7. The van der Waals surface area contributed by atoms with Crippen LogP contribution in [0.1, 0.15) is 32.3 Å². The molecular weight excluding hydrogens is 426 g/mol. The molecule has 0 saturated carbocycles. The number of ether oxygens (including phenoxy) is 1. The van der Waals surface area contributed by atoms with Gasteiger partial charge in [-0.2, -0.15) is 0 Å². The van der Waals surface area contributed by atoms with Crippen molar-refractivity contribution in [3.63, 3.8) is 0 Å². The molecule has 8 heteroatoms. The maximum atomic E-state index is 14.0. The van der Waals surface area contributed by atoms with Crippen molar-refractivity contribution in [1.82, 2.24) is 10.2 Å². The second-order valence-electron chi connectivity index (χ2n) is 8.79. The third-order valence-corrected chi connectivity index (χ3v) is 6.08. The summed E-state index contributed by atoms with van der Waals surface area (Å²) >= 11 is 0. The lowest BCUT2D eigenvalue weighted by molar-refractivity contribution is 0.183. The monoisotopic (exact) mass is 456 g/mol. The first kappa shape index (κ1) is 23.2. The predicted octanol–water partition coefficient (Wildman–Crippen LogP) is 4.55. The van der Waals surface area contributed by atoms with Crippen LogP contribution in [0.25, 0.3) is 0 Å². The highest BCUT2D eigenvalue weighted by atomic mass is 19.1. The Morgan fingerprint density at radius 2 is 1.91 bits per heavy atom. The number of nitrogens with zero attached hydrogens (tertiary/aromatic N) is 3. The van der Waals surface area contributed by atoms with Gasteiger partial charge in [0.15, 0.2) is 0 Å². The molecule has 2 aromatic carbocycles. The number of amidine groups is 1. The van der Waals surface area contributed by atoms with Crippen LogP contribution in [0.2, 0.25) is 0 Å². The highest BCUT2D eigenvalue weighted by molar-refractivity contribution is 6.19. The molecule has 2 aliphatic rings. The standard InChI is InChI=1S/C25H30F2N4O2/c1-18(2)33-22-8-3-5-19(15-22)17-30-13-9-25(10-14-30)23(28-12-11-26)29-24(32)31(25)21-7-4-6-20(27)16-21/h3-8,15-16,18H,9-14,17H2,1-2H3,(H,28,29,32). The van der Waals surface area contributed by atoms with E-state index in [0.29, 0.717) is 37.5 Å². The van der Waals surface area contributed by atoms with Gasteiger partial charge in [0.25, 0.3) is 0 Å². The van der Waals surface area contributed by atoms with Gasteiger partial charge in [-0.25, -0.2) is 13.6 Å². The van der Waals surface area contributed by atoms with Gasteiger partial charge in [-0.3, -0.25) is 20.1 Å². The van der Waals surface area contributed by atoms with Crippen LogP contribution in [0.4, 0.5) is 19.3 Å². The predicted molar refractivity (Wildman–Crippen MR) is 125 cm³/mol. The molecule has 1 spiro atoms. The van der Waals surface area contributed by atoms with E-state index in [1.165, 1.54) is 12.1 Å². The molecule has 1 N–H and O–H groups in total. The molecule has 0 radical (unpaired) electrons. The van der Waals surface area contributed by atoms with Crippen LogP contribution >= 0.6 is 0 Å². The van der Waals surface area contributed by atoms with E-state index in [4.69, 9.17) is 4.74 Å². The maximum Gasteiger partial charge on any atom is 0.328 e. The number of urea groups is 1. The van der Waals surface area contributed by atoms with Gasteiger partial charge in [0.2, 0.25) is 0 Å². The number of piperidine rings is 1. The van der Waals surface area contributed by atoms with Crippen LogP contribution in [0.3, 0.4) is 0 Å². The van der Waals surface area contributed by atoms with Gasteiger partial charge in [0, 0.05) is 25.3 Å². The molecule has 4 rings (SSSR count). The van der Waals surface area contributed by atoms with Crippen molar-refractivity contribution >= 4 is 17.6 Å². The minimum Gasteiger partial charge on any atom is -0.491 e. The Hall–Kier alpha value is -3.00. The van der Waals surface area contributed by atoms with Gasteiger partial charge in [0.1, 0.15) is 29.6 Å². The number of benzene rings is 2. The molecular formula is C25H30F2N4O2. The number of amides is 2. The van der Waals surface area contributed by atoms with Crippen LogP contribution in [-0.4, -0.2) is 54.7 Å². The molecule has 2 aromatic rings. The lowest BCUT2D eigenvalue weighted by Crippen LogP contribution is -2.56. The van der Waals surface area contributed by atoms with Gasteiger partial charge >= 0.3 is 6.03 Å². The van der Waals surface area contributed by atoms with E-state index in [9.17, 15) is 13.6 Å². The molecule has 2 heterocycles. The van der Waals surface area contributed by atoms with Crippen molar-refractivity contribution < 1.29 is 18.3 Å². The molecule has 2 amide bonds. The number of aliphatic imine (C=N–C) groups is 1. The number of anilines is 1. The summed E-state index contributed by atoms with van der Waals surface area (Å²) in [6.45, 7) is 5.57. The number of likely N-dealkylation sites (tertiary alicyclic amines) is 1. The van der Waals surface area contributed by atoms with E-state index in [1.807, 2.05) is 26.0 Å². The Morgan fingerprint density at radius 3 is 2.61 bits per heavy atom. The summed E-state index contributed by atoms with van der Waals surface area (Å²) in [7, 11) is 0. The molecule has 176 valence electrons. The lowest BCUT2D eigenvalue weighted by atomic mass is 9.85. The maximum absolute atomic E-state index is 14.0. The molecule has 0 aliphatic carbocycles. The van der Waals surface area contributed by atoms with Gasteiger partial charge in [-0.05, 0) is 62.6 Å². The molecule has 6 nitrogen and oxygen atoms in total. The molecule has 33 heavy (non-hydrogen) atoms. The number of hydrogen-bond donors (Lipinski definition) is 1. The second kappa shape index (κ2) is 9.87. The Balaban J connectivity index is 1.54. The Bertz CT molecular complexity index is 1020. The van der Waals surface area contributed by atoms with Crippen molar-refractivity contribution in [2.24, 2.45) is 4.99 Å². The first-order chi connectivity index (χ1) is 15.9. The molecule has 0 atom stereocenters.